The van der Waals surface area contributed by atoms with Crippen LogP contribution in [0.5, 0.6) is 0 Å². The molecule has 96 valence electrons. The van der Waals surface area contributed by atoms with Crippen LogP contribution >= 0.6 is 0 Å². The number of furan rings is 1. The molecule has 1 aromatic heterocycles. The van der Waals surface area contributed by atoms with E-state index in [1.807, 2.05) is 6.07 Å². The average molecular weight is 247 g/mol. The van der Waals surface area contributed by atoms with Gasteiger partial charge in [0.15, 0.2) is 0 Å². The minimum atomic E-state index is -0.216. The number of fused-ring (bicyclic) bond motifs is 1. The highest BCUT2D eigenvalue weighted by molar-refractivity contribution is 5.78. The summed E-state index contributed by atoms with van der Waals surface area (Å²) in [7, 11) is 0. The molecular formula is C15H18FNO. The van der Waals surface area contributed by atoms with Crippen LogP contribution in [0.25, 0.3) is 11.0 Å². The van der Waals surface area contributed by atoms with Gasteiger partial charge in [0.1, 0.15) is 17.2 Å². The van der Waals surface area contributed by atoms with Crippen molar-refractivity contribution in [1.82, 2.24) is 5.32 Å². The molecule has 1 saturated carbocycles. The molecule has 1 aromatic carbocycles. The van der Waals surface area contributed by atoms with E-state index in [0.717, 1.165) is 16.7 Å². The molecule has 0 saturated heterocycles. The largest absolute Gasteiger partial charge is 0.461 e. The Balaban J connectivity index is 1.83. The first kappa shape index (κ1) is 11.7. The molecule has 0 aliphatic heterocycles. The minimum absolute atomic E-state index is 0.216. The SMILES string of the molecule is CC(NC1CC1)C(C)c1cc2cc(F)ccc2o1. The Morgan fingerprint density at radius 3 is 2.78 bits per heavy atom. The van der Waals surface area contributed by atoms with Gasteiger partial charge >= 0.3 is 0 Å². The van der Waals surface area contributed by atoms with Gasteiger partial charge in [-0.15, -0.1) is 0 Å². The third kappa shape index (κ3) is 2.27. The highest BCUT2D eigenvalue weighted by atomic mass is 19.1. The summed E-state index contributed by atoms with van der Waals surface area (Å²) in [5, 5.41) is 4.42. The lowest BCUT2D eigenvalue weighted by Gasteiger charge is -2.19. The first-order valence-corrected chi connectivity index (χ1v) is 6.58. The summed E-state index contributed by atoms with van der Waals surface area (Å²) < 4.78 is 18.9. The fourth-order valence-electron chi connectivity index (χ4n) is 2.27. The van der Waals surface area contributed by atoms with E-state index in [2.05, 4.69) is 19.2 Å². The Morgan fingerprint density at radius 2 is 2.06 bits per heavy atom. The second-order valence-electron chi connectivity index (χ2n) is 5.35. The zero-order valence-corrected chi connectivity index (χ0v) is 10.7. The van der Waals surface area contributed by atoms with Crippen molar-refractivity contribution in [3.05, 3.63) is 35.8 Å². The maximum absolute atomic E-state index is 13.1. The van der Waals surface area contributed by atoms with Gasteiger partial charge in [0, 0.05) is 23.4 Å². The van der Waals surface area contributed by atoms with Crippen LogP contribution in [-0.2, 0) is 0 Å². The van der Waals surface area contributed by atoms with Gasteiger partial charge in [0.2, 0.25) is 0 Å². The van der Waals surface area contributed by atoms with Gasteiger partial charge in [-0.05, 0) is 44.0 Å². The molecule has 1 heterocycles. The number of nitrogens with one attached hydrogen (secondary N) is 1. The summed E-state index contributed by atoms with van der Waals surface area (Å²) in [5.41, 5.74) is 0.761. The van der Waals surface area contributed by atoms with Crippen LogP contribution in [0.15, 0.2) is 28.7 Å². The van der Waals surface area contributed by atoms with Crippen molar-refractivity contribution in [2.24, 2.45) is 0 Å². The monoisotopic (exact) mass is 247 g/mol. The van der Waals surface area contributed by atoms with Crippen LogP contribution in [0, 0.1) is 5.82 Å². The Morgan fingerprint density at radius 1 is 1.28 bits per heavy atom. The van der Waals surface area contributed by atoms with Crippen molar-refractivity contribution in [3.63, 3.8) is 0 Å². The van der Waals surface area contributed by atoms with E-state index in [9.17, 15) is 4.39 Å². The summed E-state index contributed by atoms with van der Waals surface area (Å²) >= 11 is 0. The van der Waals surface area contributed by atoms with Crippen LogP contribution in [0.2, 0.25) is 0 Å². The number of hydrogen-bond donors (Lipinski definition) is 1. The summed E-state index contributed by atoms with van der Waals surface area (Å²) in [5.74, 6) is 1.00. The molecule has 1 aliphatic carbocycles. The van der Waals surface area contributed by atoms with E-state index in [0.29, 0.717) is 18.0 Å². The van der Waals surface area contributed by atoms with E-state index in [-0.39, 0.29) is 5.82 Å². The smallest absolute Gasteiger partial charge is 0.134 e. The maximum atomic E-state index is 13.1. The normalized spacial score (nSPS) is 19.1. The molecule has 2 nitrogen and oxygen atoms in total. The molecule has 1 fully saturated rings. The van der Waals surface area contributed by atoms with Gasteiger partial charge in [0.05, 0.1) is 0 Å². The predicted octanol–water partition coefficient (Wildman–Crippen LogP) is 3.82. The van der Waals surface area contributed by atoms with Crippen molar-refractivity contribution in [2.75, 3.05) is 0 Å². The zero-order chi connectivity index (χ0) is 12.7. The van der Waals surface area contributed by atoms with Crippen molar-refractivity contribution in [1.29, 1.82) is 0 Å². The number of benzene rings is 1. The van der Waals surface area contributed by atoms with Gasteiger partial charge in [-0.2, -0.15) is 0 Å². The van der Waals surface area contributed by atoms with E-state index in [4.69, 9.17) is 4.42 Å². The van der Waals surface area contributed by atoms with Crippen molar-refractivity contribution in [2.45, 2.75) is 44.7 Å². The van der Waals surface area contributed by atoms with Gasteiger partial charge in [-0.25, -0.2) is 4.39 Å². The second kappa shape index (κ2) is 4.39. The Hall–Kier alpha value is -1.35. The fraction of sp³-hybridized carbons (Fsp3) is 0.467. The quantitative estimate of drug-likeness (QED) is 0.888. The van der Waals surface area contributed by atoms with E-state index < -0.39 is 0 Å². The molecule has 1 aliphatic rings. The first-order valence-electron chi connectivity index (χ1n) is 6.58. The van der Waals surface area contributed by atoms with Crippen LogP contribution in [0.1, 0.15) is 38.4 Å². The van der Waals surface area contributed by atoms with E-state index >= 15 is 0 Å². The fourth-order valence-corrected chi connectivity index (χ4v) is 2.27. The molecule has 2 atom stereocenters. The molecule has 0 radical (unpaired) electrons. The molecular weight excluding hydrogens is 229 g/mol. The molecule has 3 heteroatoms. The third-order valence-corrected chi connectivity index (χ3v) is 3.77. The average Bonchev–Trinajstić information content (AvgIpc) is 3.05. The number of halogens is 1. The lowest BCUT2D eigenvalue weighted by Crippen LogP contribution is -2.32. The molecule has 0 amide bonds. The van der Waals surface area contributed by atoms with Crippen molar-refractivity contribution < 1.29 is 8.81 Å². The Bertz CT molecular complexity index is 559. The summed E-state index contributed by atoms with van der Waals surface area (Å²) in [4.78, 5) is 0. The molecule has 2 aromatic rings. The van der Waals surface area contributed by atoms with Crippen molar-refractivity contribution >= 4 is 11.0 Å². The predicted molar refractivity (Wildman–Crippen MR) is 70.2 cm³/mol. The molecule has 1 N–H and O–H groups in total. The van der Waals surface area contributed by atoms with Crippen LogP contribution in [0.4, 0.5) is 4.39 Å². The summed E-state index contributed by atoms with van der Waals surface area (Å²) in [6, 6.07) is 7.67. The minimum Gasteiger partial charge on any atom is -0.461 e. The third-order valence-electron chi connectivity index (χ3n) is 3.77. The molecule has 18 heavy (non-hydrogen) atoms. The lowest BCUT2D eigenvalue weighted by molar-refractivity contribution is 0.414. The van der Waals surface area contributed by atoms with Crippen LogP contribution in [-0.4, -0.2) is 12.1 Å². The van der Waals surface area contributed by atoms with Gasteiger partial charge < -0.3 is 9.73 Å². The highest BCUT2D eigenvalue weighted by Gasteiger charge is 2.26. The number of hydrogen-bond acceptors (Lipinski definition) is 2. The maximum Gasteiger partial charge on any atom is 0.134 e. The van der Waals surface area contributed by atoms with Gasteiger partial charge in [-0.3, -0.25) is 0 Å². The molecule has 2 unspecified atom stereocenters. The second-order valence-corrected chi connectivity index (χ2v) is 5.35. The standard InChI is InChI=1S/C15H18FNO/c1-9(10(2)17-13-4-5-13)15-8-11-7-12(16)3-6-14(11)18-15/h3,6-10,13,17H,4-5H2,1-2H3. The van der Waals surface area contributed by atoms with E-state index in [1.165, 1.54) is 25.0 Å². The zero-order valence-electron chi connectivity index (χ0n) is 10.7. The van der Waals surface area contributed by atoms with Crippen LogP contribution < -0.4 is 5.32 Å². The van der Waals surface area contributed by atoms with Crippen LogP contribution in [0.3, 0.4) is 0 Å². The van der Waals surface area contributed by atoms with E-state index in [1.54, 1.807) is 6.07 Å². The Labute approximate surface area is 106 Å². The molecule has 3 rings (SSSR count). The molecule has 0 spiro atoms. The summed E-state index contributed by atoms with van der Waals surface area (Å²) in [6.45, 7) is 4.32. The first-order chi connectivity index (χ1) is 8.63. The number of rotatable bonds is 4. The lowest BCUT2D eigenvalue weighted by atomic mass is 10.0. The summed E-state index contributed by atoms with van der Waals surface area (Å²) in [6.07, 6.45) is 2.56. The Kier molecular flexibility index (Phi) is 2.86. The topological polar surface area (TPSA) is 25.2 Å². The van der Waals surface area contributed by atoms with Crippen molar-refractivity contribution in [3.8, 4) is 0 Å². The highest BCUT2D eigenvalue weighted by Crippen LogP contribution is 2.29. The van der Waals surface area contributed by atoms with Gasteiger partial charge in [-0.1, -0.05) is 6.92 Å². The molecule has 0 bridgehead atoms. The van der Waals surface area contributed by atoms with Gasteiger partial charge in [0.25, 0.3) is 0 Å².